The summed E-state index contributed by atoms with van der Waals surface area (Å²) in [4.78, 5) is 0. The van der Waals surface area contributed by atoms with Gasteiger partial charge in [-0.05, 0) is 5.83 Å². The van der Waals surface area contributed by atoms with Crippen LogP contribution < -0.4 is 24.6 Å². The zero-order chi connectivity index (χ0) is 2.00. The molecule has 0 saturated heterocycles. The first-order valence-electron chi connectivity index (χ1n) is 0.378. The molecule has 0 radical (unpaired) electrons. The van der Waals surface area contributed by atoms with Gasteiger partial charge in [-0.2, -0.15) is 0 Å². The Bertz CT molecular complexity index is 36.6. The second-order valence-electron chi connectivity index (χ2n) is 0. The second kappa shape index (κ2) is 1500. The van der Waals surface area contributed by atoms with E-state index in [0.717, 1.165) is 0 Å². The fourth-order valence-electron chi connectivity index (χ4n) is 0. The Hall–Kier alpha value is 1.30. The van der Waals surface area contributed by atoms with Gasteiger partial charge >= 0.3 is 0 Å². The molecule has 0 rings (SSSR count). The first-order chi connectivity index (χ1) is 1.00. The topological polar surface area (TPSA) is 203 Å². The number of alkyl halides is 1. The van der Waals surface area contributed by atoms with Crippen LogP contribution in [-0.4, -0.2) is 16.8 Å². The molecule has 16 N–H and O–H groups in total. The third-order valence-corrected chi connectivity index (χ3v) is 0. The van der Waals surface area contributed by atoms with E-state index < -0.39 is 0 Å². The molecule has 6 nitrogen and oxygen atoms in total. The third-order valence-electron chi connectivity index (χ3n) is 0. The van der Waals surface area contributed by atoms with Crippen LogP contribution in [0.15, 0.2) is 0 Å². The summed E-state index contributed by atoms with van der Waals surface area (Å²) in [6.07, 6.45) is 0. The first-order valence-corrected chi connectivity index (χ1v) is 1.96. The maximum atomic E-state index is 2.94. The molecule has 0 aliphatic carbocycles. The van der Waals surface area contributed by atoms with Crippen molar-refractivity contribution < 1.29 is 12.4 Å². The summed E-state index contributed by atoms with van der Waals surface area (Å²) in [5.41, 5.74) is 0. The molecule has 0 aromatic carbocycles. The van der Waals surface area contributed by atoms with Crippen molar-refractivity contribution in [2.75, 3.05) is 5.83 Å². The second-order valence-corrected chi connectivity index (χ2v) is 0. The van der Waals surface area contributed by atoms with Crippen molar-refractivity contribution in [3.63, 3.8) is 0 Å². The highest BCUT2D eigenvalue weighted by Gasteiger charge is 0.948. The van der Waals surface area contributed by atoms with Gasteiger partial charge in [0.05, 0.1) is 0 Å². The maximum absolute atomic E-state index is 2.94. The molecular formula is C4H36Br2Cl2N4O2. The van der Waals surface area contributed by atoms with Gasteiger partial charge in [0.25, 0.3) is 0 Å². The van der Waals surface area contributed by atoms with Gasteiger partial charge in [-0.3, -0.25) is 0 Å². The fourth-order valence-corrected chi connectivity index (χ4v) is 0. The van der Waals surface area contributed by atoms with Crippen LogP contribution in [0.3, 0.4) is 0 Å². The molecule has 0 aromatic rings. The quantitative estimate of drug-likeness (QED) is 0.448. The van der Waals surface area contributed by atoms with Gasteiger partial charge in [0.1, 0.15) is 0 Å². The predicted octanol–water partition coefficient (Wildman–Crippen LogP) is 3.59. The highest BCUT2D eigenvalue weighted by molar-refractivity contribution is 9.08. The minimum Gasteiger partial charge on any atom is -0.412 e. The predicted molar refractivity (Wildman–Crippen MR) is 89.3 cm³/mol. The van der Waals surface area contributed by atoms with Crippen LogP contribution in [0.2, 0.25) is 0 Å². The maximum Gasteiger partial charge on any atom is 0 e. The summed E-state index contributed by atoms with van der Waals surface area (Å²) in [6.45, 7) is 0. The molecule has 112 valence electrons. The summed E-state index contributed by atoms with van der Waals surface area (Å²) < 4.78 is 0. The molecule has 14 heavy (non-hydrogen) atoms. The molecule has 0 spiro atoms. The molecule has 0 saturated carbocycles. The van der Waals surface area contributed by atoms with E-state index in [1.54, 1.807) is 0 Å². The average molecular weight is 403 g/mol. The van der Waals surface area contributed by atoms with Crippen LogP contribution in [0, 0.1) is 0 Å². The molecule has 0 bridgehead atoms. The van der Waals surface area contributed by atoms with Crippen molar-refractivity contribution in [3.8, 4) is 0 Å². The van der Waals surface area contributed by atoms with Crippen LogP contribution in [-0.2, 0) is 0 Å². The normalized spacial score (nSPS) is 0.429. The molecule has 10 heteroatoms. The van der Waals surface area contributed by atoms with E-state index in [2.05, 4.69) is 15.9 Å². The van der Waals surface area contributed by atoms with E-state index in [4.69, 9.17) is 0 Å². The average Bonchev–Trinajstić information content (AvgIpc) is 1.00. The lowest BCUT2D eigenvalue weighted by Gasteiger charge is -1.05. The molecule has 0 aliphatic heterocycles. The van der Waals surface area contributed by atoms with Gasteiger partial charge in [-0.1, -0.05) is 38.2 Å². The van der Waals surface area contributed by atoms with Crippen molar-refractivity contribution in [2.24, 2.45) is 0 Å². The van der Waals surface area contributed by atoms with Crippen molar-refractivity contribution in [1.82, 2.24) is 24.6 Å². The molecule has 0 aromatic heterocycles. The summed E-state index contributed by atoms with van der Waals surface area (Å²) in [6, 6.07) is 0. The summed E-state index contributed by atoms with van der Waals surface area (Å²) in [5, 5.41) is 0. The third kappa shape index (κ3) is 1190. The van der Waals surface area contributed by atoms with Crippen LogP contribution in [0.5, 0.6) is 0 Å². The van der Waals surface area contributed by atoms with Crippen LogP contribution in [0.4, 0.5) is 0 Å². The van der Waals surface area contributed by atoms with Crippen molar-refractivity contribution >= 4 is 57.7 Å². The van der Waals surface area contributed by atoms with E-state index in [-0.39, 0.29) is 101 Å². The van der Waals surface area contributed by atoms with E-state index in [1.807, 2.05) is 5.83 Å². The Morgan fingerprint density at radius 1 is 0.643 bits per heavy atom. The minimum absolute atomic E-state index is 0. The number of halogens is 4. The number of hydrogen-bond donors (Lipinski definition) is 4. The fraction of sp³-hybridized carbons (Fsp3) is 1.00. The summed E-state index contributed by atoms with van der Waals surface area (Å²) in [5.74, 6) is 1.81. The van der Waals surface area contributed by atoms with Gasteiger partial charge in [0.2, 0.25) is 0 Å². The van der Waals surface area contributed by atoms with Gasteiger partial charge in [-0.15, -0.1) is 41.8 Å². The molecule has 0 aliphatic rings. The van der Waals surface area contributed by atoms with Crippen LogP contribution in [0.1, 0.15) is 23.7 Å². The van der Waals surface area contributed by atoms with E-state index >= 15 is 0 Å². The van der Waals surface area contributed by atoms with E-state index in [9.17, 15) is 0 Å². The van der Waals surface area contributed by atoms with Crippen molar-refractivity contribution in [3.05, 3.63) is 0 Å². The van der Waals surface area contributed by atoms with E-state index in [1.165, 1.54) is 0 Å². The molecule has 0 atom stereocenters. The number of hydrogen-bond acceptors (Lipinski definition) is 4. The minimum atomic E-state index is 0. The van der Waals surface area contributed by atoms with Crippen molar-refractivity contribution in [2.45, 2.75) is 22.3 Å². The SMILES string of the molecule is Br.C.C.C.CBr.Cl.Cl.N.N.N.N.O.O.[HH]. The monoisotopic (exact) mass is 400 g/mol. The van der Waals surface area contributed by atoms with Crippen molar-refractivity contribution in [1.29, 1.82) is 0 Å². The lowest BCUT2D eigenvalue weighted by atomic mass is 12.0. The van der Waals surface area contributed by atoms with Gasteiger partial charge < -0.3 is 35.6 Å². The number of rotatable bonds is 0. The Morgan fingerprint density at radius 2 is 0.643 bits per heavy atom. The lowest BCUT2D eigenvalue weighted by Crippen LogP contribution is -0.808. The molecule has 0 fully saturated rings. The Kier molecular flexibility index (Phi) is 63200. The Morgan fingerprint density at radius 3 is 0.643 bits per heavy atom. The van der Waals surface area contributed by atoms with E-state index in [0.29, 0.717) is 0 Å². The van der Waals surface area contributed by atoms with Gasteiger partial charge in [-0.25, -0.2) is 0 Å². The Labute approximate surface area is 123 Å². The lowest BCUT2D eigenvalue weighted by molar-refractivity contribution is 0.823. The zero-order valence-corrected chi connectivity index (χ0v) is 11.4. The van der Waals surface area contributed by atoms with Gasteiger partial charge in [0.15, 0.2) is 0 Å². The smallest absolute Gasteiger partial charge is 0 e. The highest BCUT2D eigenvalue weighted by Crippen LogP contribution is 1.45. The molecule has 0 heterocycles. The summed E-state index contributed by atoms with van der Waals surface area (Å²) in [7, 11) is 0. The Balaban J connectivity index is -0.0000000000641. The first kappa shape index (κ1) is 591. The highest BCUT2D eigenvalue weighted by atomic mass is 79.9. The molecule has 0 amide bonds. The van der Waals surface area contributed by atoms with Gasteiger partial charge in [0, 0.05) is 1.43 Å². The van der Waals surface area contributed by atoms with Crippen LogP contribution >= 0.6 is 57.7 Å². The standard InChI is InChI=1S/CH3Br.3CH4.BrH.2ClH.4H3N.2H2O.H2/c1-2;;;;;;;;;;;;;/h1H3;3*1H4;3*1H;4*1H3;2*1H2;1H. The summed E-state index contributed by atoms with van der Waals surface area (Å²) >= 11 is 2.94. The van der Waals surface area contributed by atoms with Crippen LogP contribution in [0.25, 0.3) is 0 Å². The zero-order valence-electron chi connectivity index (χ0n) is 6.43. The molecular weight excluding hydrogens is 367 g/mol. The molecule has 0 unspecified atom stereocenters. The largest absolute Gasteiger partial charge is 0.412 e.